The van der Waals surface area contributed by atoms with Gasteiger partial charge >= 0.3 is 11.9 Å². The molecule has 100 valence electrons. The van der Waals surface area contributed by atoms with E-state index in [1.54, 1.807) is 20.8 Å². The van der Waals surface area contributed by atoms with E-state index in [0.717, 1.165) is 0 Å². The van der Waals surface area contributed by atoms with E-state index in [9.17, 15) is 9.59 Å². The maximum atomic E-state index is 11.5. The number of carbonyl (C=O) groups is 2. The Balaban J connectivity index is 4.06. The lowest BCUT2D eigenvalue weighted by atomic mass is 10.1. The molecule has 0 aromatic rings. The van der Waals surface area contributed by atoms with Crippen LogP contribution in [-0.2, 0) is 19.1 Å². The van der Waals surface area contributed by atoms with E-state index in [2.05, 4.69) is 4.74 Å². The Bertz CT molecular complexity index is 273. The lowest BCUT2D eigenvalue weighted by Gasteiger charge is -2.22. The molecule has 0 bridgehead atoms. The highest BCUT2D eigenvalue weighted by Crippen LogP contribution is 2.10. The number of hydrogen-bond donors (Lipinski definition) is 2. The fourth-order valence-electron chi connectivity index (χ4n) is 1.12. The summed E-state index contributed by atoms with van der Waals surface area (Å²) in [6.45, 7) is 5.29. The van der Waals surface area contributed by atoms with Gasteiger partial charge in [0, 0.05) is 0 Å². The molecule has 6 heteroatoms. The van der Waals surface area contributed by atoms with Crippen molar-refractivity contribution < 1.29 is 19.1 Å². The molecule has 0 aromatic carbocycles. The van der Waals surface area contributed by atoms with Gasteiger partial charge in [0.2, 0.25) is 0 Å². The maximum Gasteiger partial charge on any atom is 0.323 e. The number of rotatable bonds is 5. The molecule has 17 heavy (non-hydrogen) atoms. The van der Waals surface area contributed by atoms with Gasteiger partial charge in [-0.2, -0.15) is 0 Å². The minimum absolute atomic E-state index is 0.283. The van der Waals surface area contributed by atoms with Crippen LogP contribution in [-0.4, -0.2) is 36.7 Å². The number of ether oxygens (including phenoxy) is 2. The summed E-state index contributed by atoms with van der Waals surface area (Å²) in [6, 6.07) is -1.53. The van der Waals surface area contributed by atoms with Gasteiger partial charge in [0.15, 0.2) is 0 Å². The third-order valence-corrected chi connectivity index (χ3v) is 2.00. The number of hydrogen-bond acceptors (Lipinski definition) is 6. The standard InChI is InChI=1S/C11H22N2O4/c1-11(2,3)17-10(15)8(13)6-5-7(12)9(14)16-4/h7-8H,5-6,12-13H2,1-4H3. The van der Waals surface area contributed by atoms with Gasteiger partial charge in [-0.05, 0) is 33.6 Å². The molecule has 0 saturated heterocycles. The molecule has 6 nitrogen and oxygen atoms in total. The summed E-state index contributed by atoms with van der Waals surface area (Å²) in [5, 5.41) is 0. The van der Waals surface area contributed by atoms with Gasteiger partial charge in [-0.15, -0.1) is 0 Å². The topological polar surface area (TPSA) is 105 Å². The van der Waals surface area contributed by atoms with E-state index < -0.39 is 29.6 Å². The van der Waals surface area contributed by atoms with Crippen LogP contribution in [0.2, 0.25) is 0 Å². The van der Waals surface area contributed by atoms with Crippen LogP contribution >= 0.6 is 0 Å². The highest BCUT2D eigenvalue weighted by atomic mass is 16.6. The van der Waals surface area contributed by atoms with Crippen LogP contribution in [0.15, 0.2) is 0 Å². The Labute approximate surface area is 102 Å². The molecule has 0 aliphatic carbocycles. The summed E-state index contributed by atoms with van der Waals surface area (Å²) in [7, 11) is 1.26. The fraction of sp³-hybridized carbons (Fsp3) is 0.818. The van der Waals surface area contributed by atoms with E-state index in [4.69, 9.17) is 16.2 Å². The second kappa shape index (κ2) is 6.56. The predicted molar refractivity (Wildman–Crippen MR) is 63.0 cm³/mol. The summed E-state index contributed by atoms with van der Waals surface area (Å²) in [4.78, 5) is 22.5. The summed E-state index contributed by atoms with van der Waals surface area (Å²) in [5.74, 6) is -1.00. The zero-order chi connectivity index (χ0) is 13.6. The zero-order valence-electron chi connectivity index (χ0n) is 10.9. The molecule has 0 fully saturated rings. The average Bonchev–Trinajstić information content (AvgIpc) is 2.21. The molecule has 0 radical (unpaired) electrons. The SMILES string of the molecule is COC(=O)C(N)CCC(N)C(=O)OC(C)(C)C. The minimum atomic E-state index is -0.773. The largest absolute Gasteiger partial charge is 0.468 e. The van der Waals surface area contributed by atoms with E-state index in [1.165, 1.54) is 7.11 Å². The number of nitrogens with two attached hydrogens (primary N) is 2. The molecular formula is C11H22N2O4. The highest BCUT2D eigenvalue weighted by Gasteiger charge is 2.23. The van der Waals surface area contributed by atoms with E-state index in [0.29, 0.717) is 0 Å². The number of carbonyl (C=O) groups excluding carboxylic acids is 2. The Morgan fingerprint density at radius 1 is 1.06 bits per heavy atom. The first-order valence-corrected chi connectivity index (χ1v) is 5.49. The summed E-state index contributed by atoms with van der Waals surface area (Å²) < 4.78 is 9.56. The van der Waals surface area contributed by atoms with Crippen molar-refractivity contribution in [1.82, 2.24) is 0 Å². The molecule has 0 heterocycles. The lowest BCUT2D eigenvalue weighted by Crippen LogP contribution is -2.39. The van der Waals surface area contributed by atoms with Crippen molar-refractivity contribution in [1.29, 1.82) is 0 Å². The molecule has 0 saturated carbocycles. The number of esters is 2. The average molecular weight is 246 g/mol. The van der Waals surface area contributed by atoms with E-state index in [1.807, 2.05) is 0 Å². The van der Waals surface area contributed by atoms with Crippen LogP contribution < -0.4 is 11.5 Å². The molecular weight excluding hydrogens is 224 g/mol. The molecule has 2 unspecified atom stereocenters. The summed E-state index contributed by atoms with van der Waals surface area (Å²) >= 11 is 0. The molecule has 0 aliphatic rings. The van der Waals surface area contributed by atoms with Gasteiger partial charge in [0.25, 0.3) is 0 Å². The maximum absolute atomic E-state index is 11.5. The second-order valence-electron chi connectivity index (χ2n) is 4.85. The smallest absolute Gasteiger partial charge is 0.323 e. The van der Waals surface area contributed by atoms with Crippen molar-refractivity contribution in [2.24, 2.45) is 11.5 Å². The first-order valence-electron chi connectivity index (χ1n) is 5.49. The van der Waals surface area contributed by atoms with Gasteiger partial charge < -0.3 is 20.9 Å². The highest BCUT2D eigenvalue weighted by molar-refractivity contribution is 5.77. The predicted octanol–water partition coefficient (Wildman–Crippen LogP) is -0.0641. The van der Waals surface area contributed by atoms with Crippen molar-refractivity contribution >= 4 is 11.9 Å². The van der Waals surface area contributed by atoms with Gasteiger partial charge in [-0.1, -0.05) is 0 Å². The van der Waals surface area contributed by atoms with Gasteiger partial charge in [0.05, 0.1) is 7.11 Å². The van der Waals surface area contributed by atoms with Crippen molar-refractivity contribution in [2.75, 3.05) is 7.11 Å². The minimum Gasteiger partial charge on any atom is -0.468 e. The van der Waals surface area contributed by atoms with Crippen LogP contribution in [0.3, 0.4) is 0 Å². The first-order chi connectivity index (χ1) is 7.67. The van der Waals surface area contributed by atoms with Crippen LogP contribution in [0.5, 0.6) is 0 Å². The molecule has 0 rings (SSSR count). The van der Waals surface area contributed by atoms with Crippen LogP contribution in [0.25, 0.3) is 0 Å². The van der Waals surface area contributed by atoms with Crippen LogP contribution in [0.1, 0.15) is 33.6 Å². The Kier molecular flexibility index (Phi) is 6.12. The third-order valence-electron chi connectivity index (χ3n) is 2.00. The van der Waals surface area contributed by atoms with Crippen LogP contribution in [0, 0.1) is 0 Å². The van der Waals surface area contributed by atoms with Gasteiger partial charge in [-0.3, -0.25) is 9.59 Å². The lowest BCUT2D eigenvalue weighted by molar-refractivity contribution is -0.157. The zero-order valence-corrected chi connectivity index (χ0v) is 10.9. The van der Waals surface area contributed by atoms with Crippen molar-refractivity contribution in [3.63, 3.8) is 0 Å². The van der Waals surface area contributed by atoms with Gasteiger partial charge in [-0.25, -0.2) is 0 Å². The molecule has 2 atom stereocenters. The van der Waals surface area contributed by atoms with Crippen molar-refractivity contribution in [3.8, 4) is 0 Å². The van der Waals surface area contributed by atoms with Gasteiger partial charge in [0.1, 0.15) is 17.7 Å². The second-order valence-corrected chi connectivity index (χ2v) is 4.85. The molecule has 4 N–H and O–H groups in total. The van der Waals surface area contributed by atoms with Crippen LogP contribution in [0.4, 0.5) is 0 Å². The first kappa shape index (κ1) is 15.9. The Morgan fingerprint density at radius 2 is 1.47 bits per heavy atom. The van der Waals surface area contributed by atoms with E-state index in [-0.39, 0.29) is 12.8 Å². The van der Waals surface area contributed by atoms with E-state index >= 15 is 0 Å². The summed E-state index contributed by atoms with van der Waals surface area (Å²) in [6.07, 6.45) is 0.568. The third kappa shape index (κ3) is 6.91. The fourth-order valence-corrected chi connectivity index (χ4v) is 1.12. The normalized spacial score (nSPS) is 14.9. The van der Waals surface area contributed by atoms with Crippen molar-refractivity contribution in [2.45, 2.75) is 51.3 Å². The molecule has 0 aromatic heterocycles. The molecule has 0 aliphatic heterocycles. The Hall–Kier alpha value is -1.14. The molecule has 0 spiro atoms. The summed E-state index contributed by atoms with van der Waals surface area (Å²) in [5.41, 5.74) is 10.6. The van der Waals surface area contributed by atoms with Crippen molar-refractivity contribution in [3.05, 3.63) is 0 Å². The number of methoxy groups -OCH3 is 1. The Morgan fingerprint density at radius 3 is 1.82 bits per heavy atom. The molecule has 0 amide bonds. The monoisotopic (exact) mass is 246 g/mol. The quantitative estimate of drug-likeness (QED) is 0.658.